The largest absolute Gasteiger partial charge is 0.383 e. The molecule has 0 unspecified atom stereocenters. The van der Waals surface area contributed by atoms with Gasteiger partial charge in [-0.05, 0) is 44.9 Å². The number of nitrogens with two attached hydrogens (primary N) is 1. The number of rotatable bonds is 4. The highest BCUT2D eigenvalue weighted by Gasteiger charge is 2.27. The summed E-state index contributed by atoms with van der Waals surface area (Å²) in [4.78, 5) is 8.63. The SMILES string of the molecule is CC(C)n1cc(C#Cc2cccc(S(=O)(=O)NC3CC3)c2)c2c(N)ncnc21. The van der Waals surface area contributed by atoms with Crippen LogP contribution in [0.3, 0.4) is 0 Å². The van der Waals surface area contributed by atoms with Gasteiger partial charge in [0.05, 0.1) is 15.8 Å². The highest BCUT2D eigenvalue weighted by atomic mass is 32.2. The van der Waals surface area contributed by atoms with Crippen LogP contribution in [0.4, 0.5) is 5.82 Å². The van der Waals surface area contributed by atoms with Crippen molar-refractivity contribution in [3.63, 3.8) is 0 Å². The summed E-state index contributed by atoms with van der Waals surface area (Å²) in [6.45, 7) is 4.10. The van der Waals surface area contributed by atoms with Gasteiger partial charge in [0.2, 0.25) is 10.0 Å². The number of hydrogen-bond acceptors (Lipinski definition) is 5. The first-order chi connectivity index (χ1) is 13.3. The second-order valence-corrected chi connectivity index (χ2v) is 8.89. The Morgan fingerprint density at radius 1 is 1.25 bits per heavy atom. The average Bonchev–Trinajstić information content (AvgIpc) is 3.37. The Morgan fingerprint density at radius 2 is 2.04 bits per heavy atom. The molecular formula is C20H21N5O2S. The fraction of sp³-hybridized carbons (Fsp3) is 0.300. The molecule has 1 saturated carbocycles. The van der Waals surface area contributed by atoms with Gasteiger partial charge in [0.15, 0.2) is 0 Å². The summed E-state index contributed by atoms with van der Waals surface area (Å²) in [7, 11) is -3.51. The summed E-state index contributed by atoms with van der Waals surface area (Å²) in [5, 5.41) is 0.711. The molecule has 0 bridgehead atoms. The summed E-state index contributed by atoms with van der Waals surface area (Å²) in [6.07, 6.45) is 5.13. The van der Waals surface area contributed by atoms with Crippen LogP contribution in [-0.2, 0) is 10.0 Å². The first-order valence-electron chi connectivity index (χ1n) is 9.10. The summed E-state index contributed by atoms with van der Waals surface area (Å²) in [5.74, 6) is 6.53. The molecular weight excluding hydrogens is 374 g/mol. The number of nitrogens with one attached hydrogen (secondary N) is 1. The van der Waals surface area contributed by atoms with Gasteiger partial charge in [-0.2, -0.15) is 0 Å². The molecule has 2 heterocycles. The molecule has 2 aromatic heterocycles. The summed E-state index contributed by atoms with van der Waals surface area (Å²) in [6, 6.07) is 6.88. The molecule has 1 aliphatic rings. The van der Waals surface area contributed by atoms with E-state index in [1.165, 1.54) is 6.33 Å². The lowest BCUT2D eigenvalue weighted by molar-refractivity contribution is 0.581. The first kappa shape index (κ1) is 18.5. The molecule has 0 aliphatic heterocycles. The molecule has 4 rings (SSSR count). The number of nitrogen functional groups attached to an aromatic ring is 1. The van der Waals surface area contributed by atoms with E-state index in [1.807, 2.05) is 10.8 Å². The highest BCUT2D eigenvalue weighted by molar-refractivity contribution is 7.89. The third-order valence-electron chi connectivity index (χ3n) is 4.58. The van der Waals surface area contributed by atoms with Crippen molar-refractivity contribution in [3.05, 3.63) is 47.9 Å². The summed E-state index contributed by atoms with van der Waals surface area (Å²) in [5.41, 5.74) is 8.11. The van der Waals surface area contributed by atoms with Crippen LogP contribution in [-0.4, -0.2) is 29.0 Å². The minimum Gasteiger partial charge on any atom is -0.383 e. The number of aromatic nitrogens is 3. The summed E-state index contributed by atoms with van der Waals surface area (Å²) < 4.78 is 29.5. The quantitative estimate of drug-likeness (QED) is 0.661. The number of nitrogens with zero attached hydrogens (tertiary/aromatic N) is 3. The molecule has 1 aromatic carbocycles. The maximum Gasteiger partial charge on any atom is 0.240 e. The van der Waals surface area contributed by atoms with Crippen molar-refractivity contribution in [2.75, 3.05) is 5.73 Å². The lowest BCUT2D eigenvalue weighted by Crippen LogP contribution is -2.25. The van der Waals surface area contributed by atoms with E-state index < -0.39 is 10.0 Å². The Kier molecular flexibility index (Phi) is 4.57. The number of hydrogen-bond donors (Lipinski definition) is 2. The van der Waals surface area contributed by atoms with Crippen molar-refractivity contribution < 1.29 is 8.42 Å². The fourth-order valence-corrected chi connectivity index (χ4v) is 4.32. The number of fused-ring (bicyclic) bond motifs is 1. The normalized spacial score (nSPS) is 14.2. The predicted molar refractivity (Wildman–Crippen MR) is 108 cm³/mol. The molecule has 3 aromatic rings. The van der Waals surface area contributed by atoms with Gasteiger partial charge in [0, 0.05) is 23.8 Å². The smallest absolute Gasteiger partial charge is 0.240 e. The van der Waals surface area contributed by atoms with Crippen molar-refractivity contribution >= 4 is 26.9 Å². The van der Waals surface area contributed by atoms with E-state index in [9.17, 15) is 8.42 Å². The molecule has 7 nitrogen and oxygen atoms in total. The Hall–Kier alpha value is -2.89. The number of benzene rings is 1. The van der Waals surface area contributed by atoms with Crippen LogP contribution in [0.5, 0.6) is 0 Å². The van der Waals surface area contributed by atoms with E-state index in [1.54, 1.807) is 24.3 Å². The Balaban J connectivity index is 1.73. The predicted octanol–water partition coefficient (Wildman–Crippen LogP) is 2.43. The second kappa shape index (κ2) is 6.93. The molecule has 0 atom stereocenters. The van der Waals surface area contributed by atoms with E-state index in [0.717, 1.165) is 18.5 Å². The van der Waals surface area contributed by atoms with Crippen molar-refractivity contribution in [2.24, 2.45) is 0 Å². The topological polar surface area (TPSA) is 103 Å². The molecule has 3 N–H and O–H groups in total. The van der Waals surface area contributed by atoms with Crippen LogP contribution in [0.1, 0.15) is 43.9 Å². The van der Waals surface area contributed by atoms with Gasteiger partial charge < -0.3 is 10.3 Å². The van der Waals surface area contributed by atoms with Crippen molar-refractivity contribution in [1.29, 1.82) is 0 Å². The van der Waals surface area contributed by atoms with Crippen LogP contribution >= 0.6 is 0 Å². The van der Waals surface area contributed by atoms with Gasteiger partial charge >= 0.3 is 0 Å². The zero-order valence-corrected chi connectivity index (χ0v) is 16.5. The first-order valence-corrected chi connectivity index (χ1v) is 10.6. The lowest BCUT2D eigenvalue weighted by atomic mass is 10.2. The molecule has 0 radical (unpaired) electrons. The summed E-state index contributed by atoms with van der Waals surface area (Å²) >= 11 is 0. The standard InChI is InChI=1S/C20H21N5O2S/c1-13(2)25-11-15(18-19(21)22-12-23-20(18)25)7-6-14-4-3-5-17(10-14)28(26,27)24-16-8-9-16/h3-5,10-13,16,24H,8-9H2,1-2H3,(H2,21,22,23). The highest BCUT2D eigenvalue weighted by Crippen LogP contribution is 2.26. The molecule has 28 heavy (non-hydrogen) atoms. The minimum atomic E-state index is -3.51. The van der Waals surface area contributed by atoms with E-state index >= 15 is 0 Å². The van der Waals surface area contributed by atoms with Crippen molar-refractivity contribution in [3.8, 4) is 11.8 Å². The number of anilines is 1. The zero-order valence-electron chi connectivity index (χ0n) is 15.7. The lowest BCUT2D eigenvalue weighted by Gasteiger charge is -2.07. The van der Waals surface area contributed by atoms with E-state index in [0.29, 0.717) is 22.3 Å². The monoisotopic (exact) mass is 395 g/mol. The van der Waals surface area contributed by atoms with E-state index in [-0.39, 0.29) is 17.0 Å². The fourth-order valence-electron chi connectivity index (χ4n) is 2.97. The zero-order chi connectivity index (χ0) is 19.9. The van der Waals surface area contributed by atoms with Crippen LogP contribution in [0.25, 0.3) is 11.0 Å². The van der Waals surface area contributed by atoms with Crippen LogP contribution < -0.4 is 10.5 Å². The van der Waals surface area contributed by atoms with Crippen molar-refractivity contribution in [2.45, 2.75) is 43.7 Å². The van der Waals surface area contributed by atoms with Crippen LogP contribution in [0, 0.1) is 11.8 Å². The van der Waals surface area contributed by atoms with Crippen molar-refractivity contribution in [1.82, 2.24) is 19.3 Å². The Bertz CT molecular complexity index is 1210. The van der Waals surface area contributed by atoms with Crippen LogP contribution in [0.2, 0.25) is 0 Å². The number of sulfonamides is 1. The molecule has 0 spiro atoms. The van der Waals surface area contributed by atoms with Gasteiger partial charge in [-0.3, -0.25) is 0 Å². The van der Waals surface area contributed by atoms with Crippen LogP contribution in [0.15, 0.2) is 41.7 Å². The van der Waals surface area contributed by atoms with Gasteiger partial charge in [0.25, 0.3) is 0 Å². The second-order valence-electron chi connectivity index (χ2n) is 7.17. The average molecular weight is 395 g/mol. The molecule has 1 aliphatic carbocycles. The third-order valence-corrected chi connectivity index (χ3v) is 6.10. The third kappa shape index (κ3) is 3.59. The molecule has 144 valence electrons. The maximum atomic E-state index is 12.4. The van der Waals surface area contributed by atoms with E-state index in [4.69, 9.17) is 5.73 Å². The Labute approximate surface area is 164 Å². The minimum absolute atomic E-state index is 0.0601. The van der Waals surface area contributed by atoms with E-state index in [2.05, 4.69) is 40.4 Å². The van der Waals surface area contributed by atoms with Gasteiger partial charge in [-0.15, -0.1) is 0 Å². The molecule has 1 fully saturated rings. The molecule has 8 heteroatoms. The molecule has 0 amide bonds. The molecule has 0 saturated heterocycles. The Morgan fingerprint density at radius 3 is 2.75 bits per heavy atom. The van der Waals surface area contributed by atoms with Gasteiger partial charge in [-0.25, -0.2) is 23.1 Å². The van der Waals surface area contributed by atoms with Gasteiger partial charge in [0.1, 0.15) is 17.8 Å². The van der Waals surface area contributed by atoms with Gasteiger partial charge in [-0.1, -0.05) is 17.9 Å². The maximum absolute atomic E-state index is 12.4.